The Bertz CT molecular complexity index is 885. The largest absolute Gasteiger partial charge is 0.497 e. The minimum Gasteiger partial charge on any atom is -0.497 e. The molecule has 0 aliphatic carbocycles. The first-order valence-corrected chi connectivity index (χ1v) is 7.93. The molecule has 5 nitrogen and oxygen atoms in total. The highest BCUT2D eigenvalue weighted by Crippen LogP contribution is 2.39. The molecule has 118 valence electrons. The number of aryl methyl sites for hydroxylation is 2. The third-order valence-electron chi connectivity index (χ3n) is 3.60. The average molecular weight is 327 g/mol. The summed E-state index contributed by atoms with van der Waals surface area (Å²) in [6, 6.07) is 8.91. The van der Waals surface area contributed by atoms with Gasteiger partial charge in [-0.15, -0.1) is 0 Å². The van der Waals surface area contributed by atoms with Gasteiger partial charge in [0.2, 0.25) is 0 Å². The molecule has 6 heteroatoms. The summed E-state index contributed by atoms with van der Waals surface area (Å²) in [5.41, 5.74) is 9.30. The number of hydrogen-bond donors (Lipinski definition) is 2. The maximum Gasteiger partial charge on any atom is 0.256 e. The number of rotatable bonds is 3. The summed E-state index contributed by atoms with van der Waals surface area (Å²) >= 11 is 1.39. The first-order chi connectivity index (χ1) is 11.0. The molecular formula is C17H17N3O2S. The lowest BCUT2D eigenvalue weighted by Crippen LogP contribution is -2.11. The molecule has 0 atom stereocenters. The summed E-state index contributed by atoms with van der Waals surface area (Å²) in [4.78, 5) is 17.7. The van der Waals surface area contributed by atoms with Crippen molar-refractivity contribution in [2.24, 2.45) is 0 Å². The van der Waals surface area contributed by atoms with Crippen molar-refractivity contribution in [2.45, 2.75) is 13.8 Å². The van der Waals surface area contributed by atoms with Gasteiger partial charge < -0.3 is 15.8 Å². The number of pyridine rings is 1. The predicted molar refractivity (Wildman–Crippen MR) is 94.5 cm³/mol. The van der Waals surface area contributed by atoms with Crippen LogP contribution in [-0.2, 0) is 0 Å². The van der Waals surface area contributed by atoms with E-state index in [4.69, 9.17) is 10.5 Å². The lowest BCUT2D eigenvalue weighted by molar-refractivity contribution is 0.102. The molecule has 0 radical (unpaired) electrons. The Morgan fingerprint density at radius 1 is 1.26 bits per heavy atom. The van der Waals surface area contributed by atoms with E-state index in [0.29, 0.717) is 22.0 Å². The molecule has 2 aromatic heterocycles. The normalized spacial score (nSPS) is 10.7. The molecule has 0 saturated heterocycles. The topological polar surface area (TPSA) is 77.2 Å². The zero-order valence-corrected chi connectivity index (χ0v) is 14.0. The van der Waals surface area contributed by atoms with E-state index in [-0.39, 0.29) is 5.91 Å². The van der Waals surface area contributed by atoms with Crippen molar-refractivity contribution < 1.29 is 9.53 Å². The Morgan fingerprint density at radius 2 is 1.96 bits per heavy atom. The van der Waals surface area contributed by atoms with E-state index < -0.39 is 0 Å². The molecule has 0 saturated carbocycles. The fourth-order valence-electron chi connectivity index (χ4n) is 2.48. The van der Waals surface area contributed by atoms with Gasteiger partial charge in [0.05, 0.1) is 12.8 Å². The highest BCUT2D eigenvalue weighted by molar-refractivity contribution is 7.23. The molecule has 3 aromatic rings. The van der Waals surface area contributed by atoms with Crippen LogP contribution in [0.1, 0.15) is 21.6 Å². The molecule has 23 heavy (non-hydrogen) atoms. The molecule has 0 unspecified atom stereocenters. The van der Waals surface area contributed by atoms with Crippen molar-refractivity contribution in [1.29, 1.82) is 0 Å². The van der Waals surface area contributed by atoms with E-state index in [1.807, 2.05) is 19.9 Å². The van der Waals surface area contributed by atoms with E-state index in [0.717, 1.165) is 21.5 Å². The molecule has 3 N–H and O–H groups in total. The van der Waals surface area contributed by atoms with Crippen LogP contribution in [0.25, 0.3) is 10.2 Å². The maximum absolute atomic E-state index is 12.4. The lowest BCUT2D eigenvalue weighted by atomic mass is 10.1. The van der Waals surface area contributed by atoms with Gasteiger partial charge in [-0.3, -0.25) is 4.79 Å². The molecule has 0 spiro atoms. The van der Waals surface area contributed by atoms with E-state index in [9.17, 15) is 4.79 Å². The first-order valence-electron chi connectivity index (χ1n) is 7.11. The lowest BCUT2D eigenvalue weighted by Gasteiger charge is -2.05. The Balaban J connectivity index is 1.93. The number of nitrogens with zero attached hydrogens (tertiary/aromatic N) is 1. The van der Waals surface area contributed by atoms with Gasteiger partial charge in [-0.2, -0.15) is 0 Å². The Morgan fingerprint density at radius 3 is 2.61 bits per heavy atom. The third kappa shape index (κ3) is 2.85. The molecule has 0 aliphatic rings. The number of anilines is 2. The van der Waals surface area contributed by atoms with E-state index in [2.05, 4.69) is 10.3 Å². The number of carbonyl (C=O) groups is 1. The van der Waals surface area contributed by atoms with E-state index in [1.54, 1.807) is 31.4 Å². The number of methoxy groups -OCH3 is 1. The Labute approximate surface area is 138 Å². The zero-order chi connectivity index (χ0) is 16.6. The molecular weight excluding hydrogens is 310 g/mol. The summed E-state index contributed by atoms with van der Waals surface area (Å²) < 4.78 is 5.09. The maximum atomic E-state index is 12.4. The number of nitrogens with two attached hydrogens (primary N) is 1. The number of nitrogen functional groups attached to an aromatic ring is 1. The summed E-state index contributed by atoms with van der Waals surface area (Å²) in [5.74, 6) is 0.499. The SMILES string of the molecule is COc1ccc(C(=O)Nc2sc3nc(C)cc(C)c3c2N)cc1. The van der Waals surface area contributed by atoms with Crippen molar-refractivity contribution >= 4 is 38.1 Å². The number of fused-ring (bicyclic) bond motifs is 1. The van der Waals surface area contributed by atoms with Crippen molar-refractivity contribution in [2.75, 3.05) is 18.2 Å². The van der Waals surface area contributed by atoms with Crippen LogP contribution in [0.4, 0.5) is 10.7 Å². The van der Waals surface area contributed by atoms with Gasteiger partial charge in [0.25, 0.3) is 5.91 Å². The van der Waals surface area contributed by atoms with Crippen molar-refractivity contribution in [1.82, 2.24) is 4.98 Å². The van der Waals surface area contributed by atoms with Crippen LogP contribution < -0.4 is 15.8 Å². The van der Waals surface area contributed by atoms with Crippen LogP contribution in [0.15, 0.2) is 30.3 Å². The summed E-state index contributed by atoms with van der Waals surface area (Å²) in [6.45, 7) is 3.94. The molecule has 2 heterocycles. The smallest absolute Gasteiger partial charge is 0.256 e. The fourth-order valence-corrected chi connectivity index (χ4v) is 3.59. The molecule has 1 amide bonds. The van der Waals surface area contributed by atoms with Gasteiger partial charge in [0, 0.05) is 16.6 Å². The fraction of sp³-hybridized carbons (Fsp3) is 0.176. The second-order valence-corrected chi connectivity index (χ2v) is 6.29. The van der Waals surface area contributed by atoms with Gasteiger partial charge in [-0.05, 0) is 49.7 Å². The Kier molecular flexibility index (Phi) is 3.92. The number of aromatic nitrogens is 1. The first kappa shape index (κ1) is 15.3. The number of amides is 1. The van der Waals surface area contributed by atoms with Crippen LogP contribution in [0.5, 0.6) is 5.75 Å². The number of hydrogen-bond acceptors (Lipinski definition) is 5. The van der Waals surface area contributed by atoms with Crippen LogP contribution >= 0.6 is 11.3 Å². The predicted octanol–water partition coefficient (Wildman–Crippen LogP) is 3.76. The molecule has 0 fully saturated rings. The van der Waals surface area contributed by atoms with Gasteiger partial charge in [-0.25, -0.2) is 4.98 Å². The summed E-state index contributed by atoms with van der Waals surface area (Å²) in [5, 5.41) is 4.41. The number of benzene rings is 1. The quantitative estimate of drug-likeness (QED) is 0.768. The van der Waals surface area contributed by atoms with Crippen LogP contribution in [0, 0.1) is 13.8 Å². The molecule has 0 bridgehead atoms. The number of ether oxygens (including phenoxy) is 1. The summed E-state index contributed by atoms with van der Waals surface area (Å²) in [7, 11) is 1.59. The second-order valence-electron chi connectivity index (χ2n) is 5.29. The number of carbonyl (C=O) groups excluding carboxylic acids is 1. The van der Waals surface area contributed by atoms with Crippen molar-refractivity contribution in [3.8, 4) is 5.75 Å². The van der Waals surface area contributed by atoms with Gasteiger partial charge >= 0.3 is 0 Å². The monoisotopic (exact) mass is 327 g/mol. The number of thiophene rings is 1. The minimum absolute atomic E-state index is 0.208. The van der Waals surface area contributed by atoms with Crippen LogP contribution in [-0.4, -0.2) is 18.0 Å². The van der Waals surface area contributed by atoms with E-state index >= 15 is 0 Å². The highest BCUT2D eigenvalue weighted by Gasteiger charge is 2.16. The highest BCUT2D eigenvalue weighted by atomic mass is 32.1. The van der Waals surface area contributed by atoms with Gasteiger partial charge in [-0.1, -0.05) is 11.3 Å². The molecule has 3 rings (SSSR count). The number of nitrogens with one attached hydrogen (secondary N) is 1. The molecule has 0 aliphatic heterocycles. The van der Waals surface area contributed by atoms with Gasteiger partial charge in [0.1, 0.15) is 15.6 Å². The average Bonchev–Trinajstić information content (AvgIpc) is 2.83. The standard InChI is InChI=1S/C17H17N3O2S/c1-9-8-10(2)19-16-13(9)14(18)17(23-16)20-15(21)11-4-6-12(22-3)7-5-11/h4-8H,18H2,1-3H3,(H,20,21). The van der Waals surface area contributed by atoms with Gasteiger partial charge in [0.15, 0.2) is 0 Å². The Hall–Kier alpha value is -2.60. The van der Waals surface area contributed by atoms with E-state index in [1.165, 1.54) is 11.3 Å². The second kappa shape index (κ2) is 5.89. The summed E-state index contributed by atoms with van der Waals surface area (Å²) in [6.07, 6.45) is 0. The zero-order valence-electron chi connectivity index (χ0n) is 13.1. The van der Waals surface area contributed by atoms with Crippen molar-refractivity contribution in [3.05, 3.63) is 47.2 Å². The van der Waals surface area contributed by atoms with Crippen LogP contribution in [0.3, 0.4) is 0 Å². The van der Waals surface area contributed by atoms with Crippen LogP contribution in [0.2, 0.25) is 0 Å². The minimum atomic E-state index is -0.208. The van der Waals surface area contributed by atoms with Crippen molar-refractivity contribution in [3.63, 3.8) is 0 Å². The molecule has 1 aromatic carbocycles. The third-order valence-corrected chi connectivity index (χ3v) is 4.62.